The van der Waals surface area contributed by atoms with E-state index in [1.165, 1.54) is 34.6 Å². The van der Waals surface area contributed by atoms with Crippen LogP contribution in [0, 0.1) is 0 Å². The van der Waals surface area contributed by atoms with Crippen molar-refractivity contribution < 1.29 is 0 Å². The molecule has 0 aliphatic heterocycles. The Hall–Kier alpha value is -1.20. The molecule has 2 N–H and O–H groups in total. The second-order valence-corrected chi connectivity index (χ2v) is 6.64. The predicted molar refractivity (Wildman–Crippen MR) is 77.4 cm³/mol. The average Bonchev–Trinajstić information content (AvgIpc) is 3.01. The van der Waals surface area contributed by atoms with E-state index in [0.717, 1.165) is 12.2 Å². The Morgan fingerprint density at radius 2 is 2.26 bits per heavy atom. The molecule has 1 atom stereocenters. The molecule has 2 heterocycles. The van der Waals surface area contributed by atoms with Crippen LogP contribution in [0.3, 0.4) is 0 Å². The molecule has 0 saturated carbocycles. The quantitative estimate of drug-likeness (QED) is 0.934. The molecule has 102 valence electrons. The van der Waals surface area contributed by atoms with Gasteiger partial charge in [-0.1, -0.05) is 0 Å². The molecular formula is C14H20N4S. The number of nitrogens with zero attached hydrogens (tertiary/aromatic N) is 3. The number of nitrogens with two attached hydrogens (primary N) is 1. The van der Waals surface area contributed by atoms with Gasteiger partial charge in [0.2, 0.25) is 0 Å². The van der Waals surface area contributed by atoms with E-state index in [0.29, 0.717) is 6.04 Å². The van der Waals surface area contributed by atoms with Crippen molar-refractivity contribution in [2.24, 2.45) is 5.73 Å². The minimum absolute atomic E-state index is 0.0392. The molecule has 3 rings (SSSR count). The van der Waals surface area contributed by atoms with Gasteiger partial charge in [0.05, 0.1) is 0 Å². The summed E-state index contributed by atoms with van der Waals surface area (Å²) in [6.45, 7) is 4.23. The highest BCUT2D eigenvalue weighted by molar-refractivity contribution is 7.12. The van der Waals surface area contributed by atoms with Gasteiger partial charge in [-0.3, -0.25) is 0 Å². The van der Waals surface area contributed by atoms with Crippen LogP contribution in [0.2, 0.25) is 0 Å². The van der Waals surface area contributed by atoms with Gasteiger partial charge >= 0.3 is 0 Å². The zero-order chi connectivity index (χ0) is 13.4. The molecule has 0 fully saturated rings. The lowest BCUT2D eigenvalue weighted by Crippen LogP contribution is -2.17. The Morgan fingerprint density at radius 1 is 1.42 bits per heavy atom. The van der Waals surface area contributed by atoms with E-state index in [-0.39, 0.29) is 6.04 Å². The first-order valence-electron chi connectivity index (χ1n) is 6.90. The zero-order valence-electron chi connectivity index (χ0n) is 11.5. The van der Waals surface area contributed by atoms with Crippen LogP contribution in [0.5, 0.6) is 0 Å². The number of aryl methyl sites for hydroxylation is 2. The summed E-state index contributed by atoms with van der Waals surface area (Å²) in [4.78, 5) is 7.17. The molecule has 0 aromatic carbocycles. The topological polar surface area (TPSA) is 56.7 Å². The summed E-state index contributed by atoms with van der Waals surface area (Å²) in [7, 11) is 0. The first-order valence-corrected chi connectivity index (χ1v) is 7.72. The smallest absolute Gasteiger partial charge is 0.138 e. The SMILES string of the molecule is CC(C)n1ncnc1CC(N)c1cc2c(s1)CCC2. The number of fused-ring (bicyclic) bond motifs is 1. The lowest BCUT2D eigenvalue weighted by Gasteiger charge is -2.13. The van der Waals surface area contributed by atoms with Gasteiger partial charge in [0.1, 0.15) is 12.2 Å². The molecule has 1 aliphatic rings. The number of rotatable bonds is 4. The lowest BCUT2D eigenvalue weighted by molar-refractivity contribution is 0.494. The Labute approximate surface area is 117 Å². The number of thiophene rings is 1. The minimum atomic E-state index is 0.0392. The monoisotopic (exact) mass is 276 g/mol. The van der Waals surface area contributed by atoms with Crippen molar-refractivity contribution in [3.8, 4) is 0 Å². The first-order chi connectivity index (χ1) is 9.15. The van der Waals surface area contributed by atoms with Crippen LogP contribution in [0.15, 0.2) is 12.4 Å². The van der Waals surface area contributed by atoms with Gasteiger partial charge < -0.3 is 5.73 Å². The molecule has 0 spiro atoms. The maximum absolute atomic E-state index is 6.35. The van der Waals surface area contributed by atoms with Gasteiger partial charge in [0.15, 0.2) is 0 Å². The molecule has 0 saturated heterocycles. The highest BCUT2D eigenvalue weighted by Gasteiger charge is 2.20. The second kappa shape index (κ2) is 5.06. The Bertz CT molecular complexity index is 548. The van der Waals surface area contributed by atoms with E-state index >= 15 is 0 Å². The van der Waals surface area contributed by atoms with Crippen molar-refractivity contribution >= 4 is 11.3 Å². The first kappa shape index (κ1) is 12.8. The summed E-state index contributed by atoms with van der Waals surface area (Å²) in [6, 6.07) is 2.67. The fourth-order valence-corrected chi connectivity index (χ4v) is 3.94. The third-order valence-electron chi connectivity index (χ3n) is 3.67. The van der Waals surface area contributed by atoms with E-state index in [1.807, 2.05) is 16.0 Å². The Morgan fingerprint density at radius 3 is 3.00 bits per heavy atom. The van der Waals surface area contributed by atoms with Gasteiger partial charge in [0.25, 0.3) is 0 Å². The third-order valence-corrected chi connectivity index (χ3v) is 5.04. The maximum atomic E-state index is 6.35. The molecule has 0 radical (unpaired) electrons. The van der Waals surface area contributed by atoms with Crippen molar-refractivity contribution in [3.05, 3.63) is 33.5 Å². The van der Waals surface area contributed by atoms with E-state index in [2.05, 4.69) is 30.0 Å². The van der Waals surface area contributed by atoms with Crippen LogP contribution in [0.4, 0.5) is 0 Å². The third kappa shape index (κ3) is 2.44. The van der Waals surface area contributed by atoms with E-state index in [1.54, 1.807) is 6.33 Å². The summed E-state index contributed by atoms with van der Waals surface area (Å²) in [5, 5.41) is 4.27. The zero-order valence-corrected chi connectivity index (χ0v) is 12.3. The maximum Gasteiger partial charge on any atom is 0.138 e. The van der Waals surface area contributed by atoms with Crippen LogP contribution >= 0.6 is 11.3 Å². The van der Waals surface area contributed by atoms with Crippen LogP contribution in [0.25, 0.3) is 0 Å². The molecule has 4 nitrogen and oxygen atoms in total. The van der Waals surface area contributed by atoms with Gasteiger partial charge in [-0.05, 0) is 44.7 Å². The highest BCUT2D eigenvalue weighted by Crippen LogP contribution is 2.33. The van der Waals surface area contributed by atoms with Crippen LogP contribution < -0.4 is 5.73 Å². The summed E-state index contributed by atoms with van der Waals surface area (Å²) in [5.41, 5.74) is 7.86. The predicted octanol–water partition coefficient (Wildman–Crippen LogP) is 2.65. The summed E-state index contributed by atoms with van der Waals surface area (Å²) in [6.07, 6.45) is 6.14. The molecule has 0 amide bonds. The standard InChI is InChI=1S/C14H20N4S/c1-9(2)18-14(16-8-17-18)7-11(15)13-6-10-4-3-5-12(10)19-13/h6,8-9,11H,3-5,7,15H2,1-2H3. The van der Waals surface area contributed by atoms with E-state index in [9.17, 15) is 0 Å². The van der Waals surface area contributed by atoms with E-state index < -0.39 is 0 Å². The normalized spacial score (nSPS) is 16.0. The van der Waals surface area contributed by atoms with Crippen molar-refractivity contribution in [2.75, 3.05) is 0 Å². The average molecular weight is 276 g/mol. The van der Waals surface area contributed by atoms with Gasteiger partial charge in [0, 0.05) is 28.3 Å². The molecular weight excluding hydrogens is 256 g/mol. The minimum Gasteiger partial charge on any atom is -0.323 e. The van der Waals surface area contributed by atoms with E-state index in [4.69, 9.17) is 5.73 Å². The summed E-state index contributed by atoms with van der Waals surface area (Å²) < 4.78 is 1.96. The number of hydrogen-bond acceptors (Lipinski definition) is 4. The van der Waals surface area contributed by atoms with Crippen LogP contribution in [0.1, 0.15) is 53.5 Å². The number of aromatic nitrogens is 3. The van der Waals surface area contributed by atoms with Crippen LogP contribution in [-0.4, -0.2) is 14.8 Å². The molecule has 2 aromatic rings. The highest BCUT2D eigenvalue weighted by atomic mass is 32.1. The molecule has 0 bridgehead atoms. The lowest BCUT2D eigenvalue weighted by atomic mass is 10.1. The van der Waals surface area contributed by atoms with Crippen molar-refractivity contribution in [1.29, 1.82) is 0 Å². The fraction of sp³-hybridized carbons (Fsp3) is 0.571. The van der Waals surface area contributed by atoms with Crippen molar-refractivity contribution in [3.63, 3.8) is 0 Å². The van der Waals surface area contributed by atoms with Gasteiger partial charge in [-0.15, -0.1) is 11.3 Å². The summed E-state index contributed by atoms with van der Waals surface area (Å²) in [5.74, 6) is 0.982. The second-order valence-electron chi connectivity index (χ2n) is 5.48. The molecule has 19 heavy (non-hydrogen) atoms. The van der Waals surface area contributed by atoms with Crippen LogP contribution in [-0.2, 0) is 19.3 Å². The van der Waals surface area contributed by atoms with Gasteiger partial charge in [-0.25, -0.2) is 9.67 Å². The largest absolute Gasteiger partial charge is 0.323 e. The van der Waals surface area contributed by atoms with Crippen molar-refractivity contribution in [2.45, 2.75) is 51.6 Å². The molecule has 2 aromatic heterocycles. The Kier molecular flexibility index (Phi) is 3.41. The Balaban J connectivity index is 1.77. The molecule has 1 aliphatic carbocycles. The van der Waals surface area contributed by atoms with Gasteiger partial charge in [-0.2, -0.15) is 5.10 Å². The summed E-state index contributed by atoms with van der Waals surface area (Å²) >= 11 is 1.88. The molecule has 5 heteroatoms. The number of hydrogen-bond donors (Lipinski definition) is 1. The molecule has 1 unspecified atom stereocenters. The van der Waals surface area contributed by atoms with Crippen molar-refractivity contribution in [1.82, 2.24) is 14.8 Å². The fourth-order valence-electron chi connectivity index (χ4n) is 2.68.